The fourth-order valence-electron chi connectivity index (χ4n) is 0.438. The SMILES string of the molecule is C[C](C)OC(=O)OC(C)(C)C. The summed E-state index contributed by atoms with van der Waals surface area (Å²) in [6.07, 6.45) is -0.0586. The summed E-state index contributed by atoms with van der Waals surface area (Å²) in [7, 11) is 0. The highest BCUT2D eigenvalue weighted by atomic mass is 16.7. The molecule has 0 saturated carbocycles. The molecule has 0 fully saturated rings. The molecule has 0 bridgehead atoms. The average molecular weight is 159 g/mol. The number of carbonyl (C=O) groups excluding carboxylic acids is 1. The second-order valence-corrected chi connectivity index (χ2v) is 3.47. The van der Waals surface area contributed by atoms with E-state index in [1.54, 1.807) is 34.6 Å². The van der Waals surface area contributed by atoms with E-state index in [1.165, 1.54) is 0 Å². The minimum atomic E-state index is -0.641. The molecule has 0 aromatic rings. The van der Waals surface area contributed by atoms with E-state index >= 15 is 0 Å². The first kappa shape index (κ1) is 10.3. The number of rotatable bonds is 1. The Morgan fingerprint density at radius 3 is 1.91 bits per heavy atom. The van der Waals surface area contributed by atoms with Gasteiger partial charge >= 0.3 is 6.16 Å². The molecular formula is C8H15O3. The van der Waals surface area contributed by atoms with Gasteiger partial charge in [-0.3, -0.25) is 0 Å². The van der Waals surface area contributed by atoms with Crippen LogP contribution < -0.4 is 0 Å². The predicted octanol–water partition coefficient (Wildman–Crippen LogP) is 2.51. The molecule has 0 aromatic carbocycles. The summed E-state index contributed by atoms with van der Waals surface area (Å²) in [6.45, 7) is 8.77. The third-order valence-corrected chi connectivity index (χ3v) is 0.677. The van der Waals surface area contributed by atoms with Crippen molar-refractivity contribution in [1.29, 1.82) is 0 Å². The van der Waals surface area contributed by atoms with Gasteiger partial charge in [0.25, 0.3) is 0 Å². The van der Waals surface area contributed by atoms with Crippen LogP contribution in [0.15, 0.2) is 0 Å². The molecule has 0 atom stereocenters. The minimum Gasteiger partial charge on any atom is -0.429 e. The van der Waals surface area contributed by atoms with E-state index in [0.29, 0.717) is 6.10 Å². The van der Waals surface area contributed by atoms with Crippen molar-refractivity contribution >= 4 is 6.16 Å². The van der Waals surface area contributed by atoms with Crippen LogP contribution in [-0.4, -0.2) is 11.8 Å². The van der Waals surface area contributed by atoms with Crippen LogP contribution in [0.4, 0.5) is 4.79 Å². The Morgan fingerprint density at radius 1 is 1.18 bits per heavy atom. The van der Waals surface area contributed by atoms with E-state index in [-0.39, 0.29) is 0 Å². The number of hydrogen-bond acceptors (Lipinski definition) is 3. The number of hydrogen-bond donors (Lipinski definition) is 0. The van der Waals surface area contributed by atoms with Gasteiger partial charge in [-0.15, -0.1) is 0 Å². The summed E-state index contributed by atoms with van der Waals surface area (Å²) in [4.78, 5) is 10.8. The molecular weight excluding hydrogens is 144 g/mol. The molecule has 0 aliphatic heterocycles. The second kappa shape index (κ2) is 3.60. The van der Waals surface area contributed by atoms with Crippen molar-refractivity contribution in [2.75, 3.05) is 0 Å². The maximum Gasteiger partial charge on any atom is 0.509 e. The molecule has 0 heterocycles. The summed E-state index contributed by atoms with van der Waals surface area (Å²) < 4.78 is 9.55. The predicted molar refractivity (Wildman–Crippen MR) is 41.9 cm³/mol. The third-order valence-electron chi connectivity index (χ3n) is 0.677. The number of carbonyl (C=O) groups is 1. The fourth-order valence-corrected chi connectivity index (χ4v) is 0.438. The first-order valence-corrected chi connectivity index (χ1v) is 3.52. The zero-order valence-corrected chi connectivity index (χ0v) is 7.72. The van der Waals surface area contributed by atoms with Gasteiger partial charge in [-0.2, -0.15) is 0 Å². The van der Waals surface area contributed by atoms with Crippen LogP contribution in [0.3, 0.4) is 0 Å². The van der Waals surface area contributed by atoms with Gasteiger partial charge in [-0.05, 0) is 34.6 Å². The Balaban J connectivity index is 3.71. The van der Waals surface area contributed by atoms with E-state index in [2.05, 4.69) is 4.74 Å². The molecule has 3 nitrogen and oxygen atoms in total. The maximum absolute atomic E-state index is 10.8. The van der Waals surface area contributed by atoms with Gasteiger partial charge in [-0.25, -0.2) is 4.79 Å². The smallest absolute Gasteiger partial charge is 0.429 e. The zero-order valence-electron chi connectivity index (χ0n) is 7.72. The van der Waals surface area contributed by atoms with E-state index in [1.807, 2.05) is 0 Å². The second-order valence-electron chi connectivity index (χ2n) is 3.47. The van der Waals surface area contributed by atoms with E-state index in [9.17, 15) is 4.79 Å². The standard InChI is InChI=1S/C8H15O3/c1-6(2)10-7(9)11-8(3,4)5/h1-5H3. The highest BCUT2D eigenvalue weighted by Gasteiger charge is 2.18. The molecule has 0 rings (SSSR count). The summed E-state index contributed by atoms with van der Waals surface area (Å²) in [5.41, 5.74) is -0.480. The molecule has 0 aromatic heterocycles. The summed E-state index contributed by atoms with van der Waals surface area (Å²) in [5.74, 6) is 0. The maximum atomic E-state index is 10.8. The molecule has 1 radical (unpaired) electrons. The van der Waals surface area contributed by atoms with Gasteiger partial charge in [0, 0.05) is 0 Å². The van der Waals surface area contributed by atoms with Crippen LogP contribution in [0.2, 0.25) is 0 Å². The first-order valence-electron chi connectivity index (χ1n) is 3.52. The van der Waals surface area contributed by atoms with Crippen LogP contribution in [0.1, 0.15) is 34.6 Å². The molecule has 3 heteroatoms. The highest BCUT2D eigenvalue weighted by Crippen LogP contribution is 2.10. The molecule has 0 aliphatic rings. The molecule has 0 aliphatic carbocycles. The van der Waals surface area contributed by atoms with Gasteiger partial charge in [0.15, 0.2) is 0 Å². The normalized spacial score (nSPS) is 11.5. The van der Waals surface area contributed by atoms with Crippen LogP contribution in [0.25, 0.3) is 0 Å². The third kappa shape index (κ3) is 7.16. The van der Waals surface area contributed by atoms with Gasteiger partial charge in [0.2, 0.25) is 0 Å². The van der Waals surface area contributed by atoms with E-state index in [4.69, 9.17) is 4.74 Å². The van der Waals surface area contributed by atoms with Crippen LogP contribution in [0.5, 0.6) is 0 Å². The lowest BCUT2D eigenvalue weighted by molar-refractivity contribution is -0.00244. The number of ether oxygens (including phenoxy) is 2. The van der Waals surface area contributed by atoms with Gasteiger partial charge in [0.1, 0.15) is 11.7 Å². The Labute approximate surface area is 67.7 Å². The van der Waals surface area contributed by atoms with Crippen molar-refractivity contribution in [1.82, 2.24) is 0 Å². The summed E-state index contributed by atoms with van der Waals surface area (Å²) in [6, 6.07) is 0. The fraction of sp³-hybridized carbons (Fsp3) is 0.750. The molecule has 0 spiro atoms. The highest BCUT2D eigenvalue weighted by molar-refractivity contribution is 5.61. The Hall–Kier alpha value is -0.730. The topological polar surface area (TPSA) is 35.5 Å². The molecule has 0 amide bonds. The van der Waals surface area contributed by atoms with Crippen LogP contribution in [-0.2, 0) is 9.47 Å². The van der Waals surface area contributed by atoms with E-state index < -0.39 is 11.8 Å². The lowest BCUT2D eigenvalue weighted by Crippen LogP contribution is -2.24. The van der Waals surface area contributed by atoms with Crippen molar-refractivity contribution in [2.24, 2.45) is 0 Å². The van der Waals surface area contributed by atoms with Gasteiger partial charge in [-0.1, -0.05) is 0 Å². The van der Waals surface area contributed by atoms with Crippen molar-refractivity contribution in [3.05, 3.63) is 6.10 Å². The molecule has 0 N–H and O–H groups in total. The van der Waals surface area contributed by atoms with E-state index in [0.717, 1.165) is 0 Å². The zero-order chi connectivity index (χ0) is 9.07. The van der Waals surface area contributed by atoms with Crippen LogP contribution in [0, 0.1) is 6.10 Å². The molecule has 0 saturated heterocycles. The van der Waals surface area contributed by atoms with Crippen molar-refractivity contribution in [3.63, 3.8) is 0 Å². The minimum absolute atomic E-state index is 0.480. The Morgan fingerprint density at radius 2 is 1.64 bits per heavy atom. The molecule has 11 heavy (non-hydrogen) atoms. The Kier molecular flexibility index (Phi) is 3.36. The summed E-state index contributed by atoms with van der Waals surface area (Å²) in [5, 5.41) is 0. The first-order chi connectivity index (χ1) is 4.81. The van der Waals surface area contributed by atoms with Gasteiger partial charge < -0.3 is 9.47 Å². The lowest BCUT2D eigenvalue weighted by atomic mass is 10.2. The van der Waals surface area contributed by atoms with Crippen molar-refractivity contribution in [2.45, 2.75) is 40.2 Å². The Bertz CT molecular complexity index is 133. The van der Waals surface area contributed by atoms with Crippen molar-refractivity contribution in [3.8, 4) is 0 Å². The molecule has 0 unspecified atom stereocenters. The van der Waals surface area contributed by atoms with Gasteiger partial charge in [0.05, 0.1) is 0 Å². The largest absolute Gasteiger partial charge is 0.509 e. The van der Waals surface area contributed by atoms with Crippen LogP contribution >= 0.6 is 0 Å². The van der Waals surface area contributed by atoms with Crippen molar-refractivity contribution < 1.29 is 14.3 Å². The molecule has 65 valence electrons. The quantitative estimate of drug-likeness (QED) is 0.551. The monoisotopic (exact) mass is 159 g/mol. The lowest BCUT2D eigenvalue weighted by Gasteiger charge is -2.19. The average Bonchev–Trinajstić information content (AvgIpc) is 1.53. The summed E-state index contributed by atoms with van der Waals surface area (Å²) >= 11 is 0.